The summed E-state index contributed by atoms with van der Waals surface area (Å²) in [4.78, 5) is 0. The first-order valence-corrected chi connectivity index (χ1v) is 4.01. The predicted octanol–water partition coefficient (Wildman–Crippen LogP) is 1.52. The Morgan fingerprint density at radius 1 is 1.56 bits per heavy atom. The van der Waals surface area contributed by atoms with Gasteiger partial charge in [0.25, 0.3) is 0 Å². The fourth-order valence-corrected chi connectivity index (χ4v) is 1.50. The van der Waals surface area contributed by atoms with Crippen LogP contribution in [0.15, 0.2) is 0 Å². The molecule has 2 unspecified atom stereocenters. The van der Waals surface area contributed by atoms with Gasteiger partial charge in [-0.15, -0.1) is 0 Å². The van der Waals surface area contributed by atoms with Gasteiger partial charge in [0.15, 0.2) is 0 Å². The van der Waals surface area contributed by atoms with E-state index in [0.29, 0.717) is 12.1 Å². The second kappa shape index (κ2) is 3.28. The number of hydrogen-bond acceptors (Lipinski definition) is 2. The van der Waals surface area contributed by atoms with Crippen LogP contribution >= 0.6 is 12.2 Å². The van der Waals surface area contributed by atoms with Crippen LogP contribution in [0.2, 0.25) is 0 Å². The minimum Gasteiger partial charge on any atom is -0.307 e. The molecule has 9 heavy (non-hydrogen) atoms. The van der Waals surface area contributed by atoms with Crippen LogP contribution in [0.5, 0.6) is 0 Å². The van der Waals surface area contributed by atoms with Crippen molar-refractivity contribution < 1.29 is 0 Å². The first-order chi connectivity index (χ1) is 4.33. The zero-order valence-electron chi connectivity index (χ0n) is 5.76. The molecule has 1 nitrogen and oxygen atoms in total. The first-order valence-electron chi connectivity index (χ1n) is 3.54. The van der Waals surface area contributed by atoms with Crippen molar-refractivity contribution in [3.05, 3.63) is 0 Å². The summed E-state index contributed by atoms with van der Waals surface area (Å²) in [5.41, 5.74) is 0. The van der Waals surface area contributed by atoms with Gasteiger partial charge in [-0.2, -0.15) is 0 Å². The Hall–Kier alpha value is 0.0500. The SMILES string of the molecule is CC1CCCC(C=S)N1. The molecule has 0 aromatic heterocycles. The largest absolute Gasteiger partial charge is 0.307 e. The van der Waals surface area contributed by atoms with Gasteiger partial charge in [-0.1, -0.05) is 18.6 Å². The monoisotopic (exact) mass is 143 g/mol. The minimum atomic E-state index is 0.503. The highest BCUT2D eigenvalue weighted by molar-refractivity contribution is 7.79. The molecule has 0 saturated carbocycles. The maximum absolute atomic E-state index is 4.84. The lowest BCUT2D eigenvalue weighted by molar-refractivity contribution is 0.393. The van der Waals surface area contributed by atoms with Crippen LogP contribution in [-0.4, -0.2) is 17.5 Å². The fourth-order valence-electron chi connectivity index (χ4n) is 1.28. The molecular formula is C7H13NS. The molecule has 1 aliphatic heterocycles. The Labute approximate surface area is 61.8 Å². The molecule has 0 aromatic carbocycles. The lowest BCUT2D eigenvalue weighted by Gasteiger charge is -2.25. The summed E-state index contributed by atoms with van der Waals surface area (Å²) < 4.78 is 0. The van der Waals surface area contributed by atoms with Crippen molar-refractivity contribution >= 4 is 17.6 Å². The molecule has 0 aliphatic carbocycles. The van der Waals surface area contributed by atoms with Crippen LogP contribution in [-0.2, 0) is 0 Å². The van der Waals surface area contributed by atoms with E-state index in [1.54, 1.807) is 0 Å². The van der Waals surface area contributed by atoms with E-state index in [-0.39, 0.29) is 0 Å². The van der Waals surface area contributed by atoms with Gasteiger partial charge < -0.3 is 5.32 Å². The van der Waals surface area contributed by atoms with Gasteiger partial charge in [0.2, 0.25) is 0 Å². The molecule has 1 rings (SSSR count). The second-order valence-corrected chi connectivity index (χ2v) is 3.01. The van der Waals surface area contributed by atoms with E-state index >= 15 is 0 Å². The standard InChI is InChI=1S/C7H13NS/c1-6-3-2-4-7(5-9)8-6/h5-8H,2-4H2,1H3. The van der Waals surface area contributed by atoms with Crippen molar-refractivity contribution in [3.8, 4) is 0 Å². The summed E-state index contributed by atoms with van der Waals surface area (Å²) in [7, 11) is 0. The molecular weight excluding hydrogens is 130 g/mol. The molecule has 0 spiro atoms. The molecule has 1 N–H and O–H groups in total. The van der Waals surface area contributed by atoms with E-state index < -0.39 is 0 Å². The third-order valence-corrected chi connectivity index (χ3v) is 2.14. The maximum Gasteiger partial charge on any atom is 0.0355 e. The normalized spacial score (nSPS) is 36.1. The smallest absolute Gasteiger partial charge is 0.0355 e. The lowest BCUT2D eigenvalue weighted by atomic mass is 10.0. The molecule has 1 saturated heterocycles. The van der Waals surface area contributed by atoms with Gasteiger partial charge in [0, 0.05) is 12.1 Å². The summed E-state index contributed by atoms with van der Waals surface area (Å²) in [6.45, 7) is 2.21. The Morgan fingerprint density at radius 2 is 2.33 bits per heavy atom. The number of rotatable bonds is 1. The van der Waals surface area contributed by atoms with Crippen molar-refractivity contribution in [3.63, 3.8) is 0 Å². The third kappa shape index (κ3) is 2.03. The average molecular weight is 143 g/mol. The molecule has 1 heterocycles. The number of hydrogen-bond donors (Lipinski definition) is 1. The quantitative estimate of drug-likeness (QED) is 0.558. The highest BCUT2D eigenvalue weighted by atomic mass is 32.1. The van der Waals surface area contributed by atoms with E-state index in [2.05, 4.69) is 12.2 Å². The van der Waals surface area contributed by atoms with Crippen molar-refractivity contribution in [2.24, 2.45) is 0 Å². The van der Waals surface area contributed by atoms with Crippen LogP contribution in [0.3, 0.4) is 0 Å². The number of nitrogens with one attached hydrogen (secondary N) is 1. The summed E-state index contributed by atoms with van der Waals surface area (Å²) in [5.74, 6) is 0. The highest BCUT2D eigenvalue weighted by Gasteiger charge is 2.14. The van der Waals surface area contributed by atoms with Gasteiger partial charge >= 0.3 is 0 Å². The van der Waals surface area contributed by atoms with Crippen molar-refractivity contribution in [2.75, 3.05) is 0 Å². The number of thiocarbonyl (C=S) groups is 1. The summed E-state index contributed by atoms with van der Waals surface area (Å²) in [5, 5.41) is 5.25. The van der Waals surface area contributed by atoms with Gasteiger partial charge in [0.05, 0.1) is 0 Å². The summed E-state index contributed by atoms with van der Waals surface area (Å²) >= 11 is 4.84. The molecule has 0 aromatic rings. The molecule has 2 heteroatoms. The molecule has 0 radical (unpaired) electrons. The zero-order chi connectivity index (χ0) is 6.69. The Bertz CT molecular complexity index is 103. The highest BCUT2D eigenvalue weighted by Crippen LogP contribution is 2.10. The summed E-state index contributed by atoms with van der Waals surface area (Å²) in [6, 6.07) is 1.17. The second-order valence-electron chi connectivity index (χ2n) is 2.74. The van der Waals surface area contributed by atoms with E-state index in [9.17, 15) is 0 Å². The van der Waals surface area contributed by atoms with Crippen LogP contribution in [0.25, 0.3) is 0 Å². The molecule has 0 bridgehead atoms. The number of piperidine rings is 1. The van der Waals surface area contributed by atoms with Crippen molar-refractivity contribution in [1.29, 1.82) is 0 Å². The fraction of sp³-hybridized carbons (Fsp3) is 0.857. The van der Waals surface area contributed by atoms with Gasteiger partial charge in [-0.05, 0) is 25.1 Å². The van der Waals surface area contributed by atoms with Crippen LogP contribution in [0.4, 0.5) is 0 Å². The van der Waals surface area contributed by atoms with Crippen molar-refractivity contribution in [2.45, 2.75) is 38.3 Å². The van der Waals surface area contributed by atoms with E-state index in [1.165, 1.54) is 19.3 Å². The zero-order valence-corrected chi connectivity index (χ0v) is 6.58. The Kier molecular flexibility index (Phi) is 2.61. The molecule has 1 aliphatic rings. The van der Waals surface area contributed by atoms with Gasteiger partial charge in [-0.25, -0.2) is 0 Å². The van der Waals surface area contributed by atoms with E-state index in [1.807, 2.05) is 5.37 Å². The minimum absolute atomic E-state index is 0.503. The molecule has 1 fully saturated rings. The lowest BCUT2D eigenvalue weighted by Crippen LogP contribution is -2.40. The average Bonchev–Trinajstić information content (AvgIpc) is 1.88. The van der Waals surface area contributed by atoms with Crippen molar-refractivity contribution in [1.82, 2.24) is 5.32 Å². The molecule has 52 valence electrons. The van der Waals surface area contributed by atoms with E-state index in [0.717, 1.165) is 0 Å². The molecule has 0 amide bonds. The van der Waals surface area contributed by atoms with Crippen LogP contribution in [0.1, 0.15) is 26.2 Å². The van der Waals surface area contributed by atoms with Crippen LogP contribution in [0, 0.1) is 0 Å². The first kappa shape index (κ1) is 7.16. The third-order valence-electron chi connectivity index (χ3n) is 1.82. The maximum atomic E-state index is 4.84. The summed E-state index contributed by atoms with van der Waals surface area (Å²) in [6.07, 6.45) is 3.86. The topological polar surface area (TPSA) is 12.0 Å². The van der Waals surface area contributed by atoms with Gasteiger partial charge in [-0.3, -0.25) is 0 Å². The van der Waals surface area contributed by atoms with Crippen LogP contribution < -0.4 is 5.32 Å². The predicted molar refractivity (Wildman–Crippen MR) is 43.9 cm³/mol. The van der Waals surface area contributed by atoms with E-state index in [4.69, 9.17) is 12.2 Å². The Balaban J connectivity index is 2.31. The molecule has 2 atom stereocenters. The Morgan fingerprint density at radius 3 is 2.78 bits per heavy atom. The van der Waals surface area contributed by atoms with Gasteiger partial charge in [0.1, 0.15) is 0 Å².